The first-order chi connectivity index (χ1) is 6.66. The average Bonchev–Trinajstić information content (AvgIpc) is 2.06. The van der Waals surface area contributed by atoms with Crippen molar-refractivity contribution in [2.24, 2.45) is 0 Å². The van der Waals surface area contributed by atoms with Gasteiger partial charge in [0, 0.05) is 6.07 Å². The molecule has 1 aromatic rings. The molecule has 2 rings (SSSR count). The zero-order chi connectivity index (χ0) is 10.1. The van der Waals surface area contributed by atoms with E-state index >= 15 is 0 Å². The lowest BCUT2D eigenvalue weighted by Gasteiger charge is -2.27. The van der Waals surface area contributed by atoms with E-state index in [1.54, 1.807) is 0 Å². The molecule has 1 aliphatic rings. The number of hydrogen-bond acceptors (Lipinski definition) is 3. The maximum Gasteiger partial charge on any atom is 0.147 e. The van der Waals surface area contributed by atoms with Gasteiger partial charge in [0.15, 0.2) is 0 Å². The molecule has 0 spiro atoms. The van der Waals surface area contributed by atoms with E-state index in [4.69, 9.17) is 26.8 Å². The maximum atomic E-state index is 12.9. The Morgan fingerprint density at radius 1 is 1.50 bits per heavy atom. The summed E-state index contributed by atoms with van der Waals surface area (Å²) in [4.78, 5) is 0. The van der Waals surface area contributed by atoms with E-state index in [9.17, 15) is 4.39 Å². The number of ether oxygens (including phenoxy) is 2. The van der Waals surface area contributed by atoms with Crippen LogP contribution in [0.5, 0.6) is 5.75 Å². The summed E-state index contributed by atoms with van der Waals surface area (Å²) in [6.45, 7) is 1.07. The summed E-state index contributed by atoms with van der Waals surface area (Å²) < 4.78 is 23.2. The summed E-state index contributed by atoms with van der Waals surface area (Å²) in [6, 6.07) is 2.53. The minimum Gasteiger partial charge on any atom is -0.484 e. The minimum atomic E-state index is -0.535. The fraction of sp³-hybridized carbons (Fsp3) is 0.333. The predicted molar refractivity (Wildman–Crippen MR) is 51.1 cm³/mol. The number of anilines is 1. The van der Waals surface area contributed by atoms with E-state index in [1.165, 1.54) is 6.07 Å². The van der Waals surface area contributed by atoms with Crippen molar-refractivity contribution in [3.05, 3.63) is 23.0 Å². The van der Waals surface area contributed by atoms with Gasteiger partial charge in [-0.2, -0.15) is 0 Å². The van der Waals surface area contributed by atoms with Gasteiger partial charge in [-0.3, -0.25) is 0 Å². The number of nitrogen functional groups attached to an aromatic ring is 1. The Balaban J connectivity index is 2.19. The van der Waals surface area contributed by atoms with Gasteiger partial charge < -0.3 is 15.2 Å². The molecular weight excluding hydrogens is 209 g/mol. The molecule has 3 nitrogen and oxygen atoms in total. The highest BCUT2D eigenvalue weighted by Crippen LogP contribution is 2.30. The molecule has 1 fully saturated rings. The van der Waals surface area contributed by atoms with Gasteiger partial charge in [-0.15, -0.1) is 0 Å². The second kappa shape index (κ2) is 3.63. The third kappa shape index (κ3) is 1.76. The highest BCUT2D eigenvalue weighted by molar-refractivity contribution is 6.32. The fourth-order valence-electron chi connectivity index (χ4n) is 1.10. The maximum absolute atomic E-state index is 12.9. The number of benzene rings is 1. The molecule has 0 atom stereocenters. The Morgan fingerprint density at radius 2 is 2.21 bits per heavy atom. The Labute approximate surface area is 85.6 Å². The van der Waals surface area contributed by atoms with E-state index in [2.05, 4.69) is 0 Å². The van der Waals surface area contributed by atoms with Crippen LogP contribution in [0.3, 0.4) is 0 Å². The monoisotopic (exact) mass is 217 g/mol. The van der Waals surface area contributed by atoms with Crippen LogP contribution in [0.25, 0.3) is 0 Å². The summed E-state index contributed by atoms with van der Waals surface area (Å²) in [5.74, 6) is -0.133. The Bertz CT molecular complexity index is 355. The molecule has 0 amide bonds. The zero-order valence-electron chi connectivity index (χ0n) is 7.30. The van der Waals surface area contributed by atoms with Crippen molar-refractivity contribution in [2.75, 3.05) is 18.9 Å². The molecule has 14 heavy (non-hydrogen) atoms. The number of nitrogens with two attached hydrogens (primary N) is 1. The zero-order valence-corrected chi connectivity index (χ0v) is 8.05. The van der Waals surface area contributed by atoms with Gasteiger partial charge in [-0.05, 0) is 6.07 Å². The molecule has 1 aromatic carbocycles. The van der Waals surface area contributed by atoms with Gasteiger partial charge in [-0.25, -0.2) is 4.39 Å². The van der Waals surface area contributed by atoms with E-state index in [1.807, 2.05) is 0 Å². The highest BCUT2D eigenvalue weighted by Gasteiger charge is 2.21. The molecular formula is C9H9ClFNO2. The molecule has 0 saturated carbocycles. The van der Waals surface area contributed by atoms with Gasteiger partial charge in [0.1, 0.15) is 17.7 Å². The lowest BCUT2D eigenvalue weighted by atomic mass is 10.2. The van der Waals surface area contributed by atoms with Crippen molar-refractivity contribution >= 4 is 17.3 Å². The SMILES string of the molecule is Nc1cc(OC2COC2)c(Cl)cc1F. The third-order valence-corrected chi connectivity index (χ3v) is 2.25. The van der Waals surface area contributed by atoms with Crippen molar-refractivity contribution in [3.8, 4) is 5.75 Å². The molecule has 0 aromatic heterocycles. The van der Waals surface area contributed by atoms with Crippen LogP contribution in [0.15, 0.2) is 12.1 Å². The fourth-order valence-corrected chi connectivity index (χ4v) is 1.29. The summed E-state index contributed by atoms with van der Waals surface area (Å²) in [5.41, 5.74) is 5.41. The first-order valence-corrected chi connectivity index (χ1v) is 4.53. The number of hydrogen-bond donors (Lipinski definition) is 1. The van der Waals surface area contributed by atoms with Crippen LogP contribution < -0.4 is 10.5 Å². The standard InChI is InChI=1S/C9H9ClFNO2/c10-6-1-7(11)8(12)2-9(6)14-5-3-13-4-5/h1-2,5H,3-4,12H2. The Hall–Kier alpha value is -1.00. The van der Waals surface area contributed by atoms with Gasteiger partial charge in [0.25, 0.3) is 0 Å². The highest BCUT2D eigenvalue weighted by atomic mass is 35.5. The van der Waals surface area contributed by atoms with Crippen molar-refractivity contribution in [1.29, 1.82) is 0 Å². The second-order valence-corrected chi connectivity index (χ2v) is 3.49. The lowest BCUT2D eigenvalue weighted by Crippen LogP contribution is -2.38. The van der Waals surface area contributed by atoms with Gasteiger partial charge in [-0.1, -0.05) is 11.6 Å². The van der Waals surface area contributed by atoms with Crippen LogP contribution in [0.2, 0.25) is 5.02 Å². The largest absolute Gasteiger partial charge is 0.484 e. The normalized spacial score (nSPS) is 16.4. The number of rotatable bonds is 2. The topological polar surface area (TPSA) is 44.5 Å². The van der Waals surface area contributed by atoms with E-state index in [0.717, 1.165) is 6.07 Å². The van der Waals surface area contributed by atoms with Crippen LogP contribution in [0.1, 0.15) is 0 Å². The van der Waals surface area contributed by atoms with Crippen molar-refractivity contribution < 1.29 is 13.9 Å². The first kappa shape index (κ1) is 9.55. The van der Waals surface area contributed by atoms with E-state index < -0.39 is 5.82 Å². The lowest BCUT2D eigenvalue weighted by molar-refractivity contribution is -0.0796. The molecule has 1 saturated heterocycles. The van der Waals surface area contributed by atoms with Crippen LogP contribution in [-0.4, -0.2) is 19.3 Å². The quantitative estimate of drug-likeness (QED) is 0.769. The molecule has 0 radical (unpaired) electrons. The summed E-state index contributed by atoms with van der Waals surface area (Å²) >= 11 is 5.77. The predicted octanol–water partition coefficient (Wildman–Crippen LogP) is 1.84. The summed E-state index contributed by atoms with van der Waals surface area (Å²) in [5, 5.41) is 0.226. The van der Waals surface area contributed by atoms with Crippen LogP contribution in [-0.2, 0) is 4.74 Å². The van der Waals surface area contributed by atoms with E-state index in [-0.39, 0.29) is 16.8 Å². The number of halogens is 2. The average molecular weight is 218 g/mol. The Kier molecular flexibility index (Phi) is 2.48. The summed E-state index contributed by atoms with van der Waals surface area (Å²) in [6.07, 6.45) is -0.00244. The molecule has 0 aliphatic carbocycles. The smallest absolute Gasteiger partial charge is 0.147 e. The van der Waals surface area contributed by atoms with Gasteiger partial charge in [0.05, 0.1) is 23.9 Å². The van der Waals surface area contributed by atoms with Gasteiger partial charge >= 0.3 is 0 Å². The molecule has 76 valence electrons. The molecule has 0 unspecified atom stereocenters. The van der Waals surface area contributed by atoms with Crippen LogP contribution in [0, 0.1) is 5.82 Å². The van der Waals surface area contributed by atoms with Crippen molar-refractivity contribution in [2.45, 2.75) is 6.10 Å². The van der Waals surface area contributed by atoms with Crippen molar-refractivity contribution in [1.82, 2.24) is 0 Å². The molecule has 5 heteroatoms. The Morgan fingerprint density at radius 3 is 2.79 bits per heavy atom. The molecule has 1 aliphatic heterocycles. The molecule has 1 heterocycles. The van der Waals surface area contributed by atoms with Crippen LogP contribution >= 0.6 is 11.6 Å². The third-order valence-electron chi connectivity index (χ3n) is 1.95. The minimum absolute atomic E-state index is 0.00244. The van der Waals surface area contributed by atoms with E-state index in [0.29, 0.717) is 19.0 Å². The first-order valence-electron chi connectivity index (χ1n) is 4.16. The molecule has 2 N–H and O–H groups in total. The second-order valence-electron chi connectivity index (χ2n) is 3.08. The van der Waals surface area contributed by atoms with Crippen LogP contribution in [0.4, 0.5) is 10.1 Å². The van der Waals surface area contributed by atoms with Gasteiger partial charge in [0.2, 0.25) is 0 Å². The summed E-state index contributed by atoms with van der Waals surface area (Å²) in [7, 11) is 0. The molecule has 0 bridgehead atoms. The van der Waals surface area contributed by atoms with Crippen molar-refractivity contribution in [3.63, 3.8) is 0 Å².